The van der Waals surface area contributed by atoms with Gasteiger partial charge in [-0.3, -0.25) is 4.79 Å². The number of aromatic nitrogens is 1. The number of carbonyl (C=O) groups excluding carboxylic acids is 1. The molecule has 1 aromatic rings. The van der Waals surface area contributed by atoms with Gasteiger partial charge in [-0.25, -0.2) is 4.98 Å². The Bertz CT molecular complexity index is 340. The van der Waals surface area contributed by atoms with Crippen LogP contribution in [0.25, 0.3) is 0 Å². The Kier molecular flexibility index (Phi) is 4.35. The number of carbonyl (C=O) groups is 1. The molecule has 2 rings (SSSR count). The standard InChI is InChI=1S/C11H15BrN2OS/c12-4-3-9-2-1-5-14(6-9)11(15)10-7-16-8-13-10/h7-9H,1-6H2. The van der Waals surface area contributed by atoms with Crippen LogP contribution in [-0.4, -0.2) is 34.2 Å². The van der Waals surface area contributed by atoms with Gasteiger partial charge in [0.15, 0.2) is 0 Å². The molecule has 0 aromatic carbocycles. The van der Waals surface area contributed by atoms with Crippen molar-refractivity contribution in [2.24, 2.45) is 5.92 Å². The van der Waals surface area contributed by atoms with Gasteiger partial charge in [0.05, 0.1) is 5.51 Å². The van der Waals surface area contributed by atoms with Gasteiger partial charge in [0.2, 0.25) is 0 Å². The fourth-order valence-corrected chi connectivity index (χ4v) is 3.29. The van der Waals surface area contributed by atoms with Crippen molar-refractivity contribution >= 4 is 33.2 Å². The van der Waals surface area contributed by atoms with Crippen LogP contribution in [0.4, 0.5) is 0 Å². The summed E-state index contributed by atoms with van der Waals surface area (Å²) < 4.78 is 0. The molecule has 1 fully saturated rings. The van der Waals surface area contributed by atoms with Crippen molar-refractivity contribution in [2.45, 2.75) is 19.3 Å². The van der Waals surface area contributed by atoms with Crippen LogP contribution >= 0.6 is 27.3 Å². The van der Waals surface area contributed by atoms with E-state index in [1.807, 2.05) is 10.3 Å². The average molecular weight is 303 g/mol. The number of thiazole rings is 1. The summed E-state index contributed by atoms with van der Waals surface area (Å²) in [5, 5.41) is 2.85. The first-order valence-electron chi connectivity index (χ1n) is 5.54. The lowest BCUT2D eigenvalue weighted by molar-refractivity contribution is 0.0667. The normalized spacial score (nSPS) is 21.1. The molecule has 0 spiro atoms. The molecule has 1 amide bonds. The third kappa shape index (κ3) is 2.83. The van der Waals surface area contributed by atoms with Gasteiger partial charge in [0.25, 0.3) is 5.91 Å². The number of hydrogen-bond donors (Lipinski definition) is 0. The van der Waals surface area contributed by atoms with Gasteiger partial charge in [0, 0.05) is 23.8 Å². The Hall–Kier alpha value is -0.420. The highest BCUT2D eigenvalue weighted by Crippen LogP contribution is 2.21. The highest BCUT2D eigenvalue weighted by molar-refractivity contribution is 9.09. The summed E-state index contributed by atoms with van der Waals surface area (Å²) in [5.74, 6) is 0.747. The molecule has 0 aliphatic carbocycles. The SMILES string of the molecule is O=C(c1cscn1)N1CCCC(CCBr)C1. The third-order valence-electron chi connectivity index (χ3n) is 2.97. The minimum atomic E-state index is 0.0977. The van der Waals surface area contributed by atoms with Gasteiger partial charge >= 0.3 is 0 Å². The fourth-order valence-electron chi connectivity index (χ4n) is 2.12. The molecule has 0 saturated carbocycles. The summed E-state index contributed by atoms with van der Waals surface area (Å²) in [6, 6.07) is 0. The van der Waals surface area contributed by atoms with Crippen molar-refractivity contribution in [1.29, 1.82) is 0 Å². The Morgan fingerprint density at radius 1 is 1.69 bits per heavy atom. The first-order chi connectivity index (χ1) is 7.81. The molecular weight excluding hydrogens is 288 g/mol. The van der Waals surface area contributed by atoms with Crippen molar-refractivity contribution in [2.75, 3.05) is 18.4 Å². The second-order valence-electron chi connectivity index (χ2n) is 4.11. The summed E-state index contributed by atoms with van der Waals surface area (Å²) in [6.45, 7) is 1.77. The van der Waals surface area contributed by atoms with Crippen LogP contribution < -0.4 is 0 Å². The number of likely N-dealkylation sites (tertiary alicyclic amines) is 1. The molecule has 1 unspecified atom stereocenters. The zero-order chi connectivity index (χ0) is 11.4. The maximum Gasteiger partial charge on any atom is 0.273 e. The van der Waals surface area contributed by atoms with Gasteiger partial charge in [-0.15, -0.1) is 11.3 Å². The Labute approximate surface area is 108 Å². The van der Waals surface area contributed by atoms with Crippen LogP contribution in [0.15, 0.2) is 10.9 Å². The molecule has 0 radical (unpaired) electrons. The minimum Gasteiger partial charge on any atom is -0.337 e. The van der Waals surface area contributed by atoms with Crippen molar-refractivity contribution < 1.29 is 4.79 Å². The molecular formula is C11H15BrN2OS. The monoisotopic (exact) mass is 302 g/mol. The largest absolute Gasteiger partial charge is 0.337 e. The summed E-state index contributed by atoms with van der Waals surface area (Å²) in [6.07, 6.45) is 3.51. The fraction of sp³-hybridized carbons (Fsp3) is 0.636. The summed E-state index contributed by atoms with van der Waals surface area (Å²) in [5.41, 5.74) is 2.32. The summed E-state index contributed by atoms with van der Waals surface area (Å²) in [7, 11) is 0. The molecule has 0 bridgehead atoms. The lowest BCUT2D eigenvalue weighted by Crippen LogP contribution is -2.40. The van der Waals surface area contributed by atoms with E-state index < -0.39 is 0 Å². The molecule has 5 heteroatoms. The van der Waals surface area contributed by atoms with E-state index >= 15 is 0 Å². The van der Waals surface area contributed by atoms with Crippen molar-refractivity contribution in [3.05, 3.63) is 16.6 Å². The molecule has 1 aromatic heterocycles. The smallest absolute Gasteiger partial charge is 0.273 e. The van der Waals surface area contributed by atoms with E-state index in [-0.39, 0.29) is 5.91 Å². The minimum absolute atomic E-state index is 0.0977. The van der Waals surface area contributed by atoms with Gasteiger partial charge in [-0.05, 0) is 25.2 Å². The first-order valence-corrected chi connectivity index (χ1v) is 7.61. The Balaban J connectivity index is 1.96. The summed E-state index contributed by atoms with van der Waals surface area (Å²) >= 11 is 4.94. The van der Waals surface area contributed by atoms with E-state index in [2.05, 4.69) is 20.9 Å². The van der Waals surface area contributed by atoms with E-state index in [1.165, 1.54) is 17.8 Å². The maximum absolute atomic E-state index is 12.1. The van der Waals surface area contributed by atoms with Gasteiger partial charge in [-0.1, -0.05) is 15.9 Å². The zero-order valence-corrected chi connectivity index (χ0v) is 11.5. The number of halogens is 1. The molecule has 1 aliphatic heterocycles. The molecule has 1 atom stereocenters. The number of alkyl halides is 1. The molecule has 3 nitrogen and oxygen atoms in total. The third-order valence-corrected chi connectivity index (χ3v) is 4.02. The number of nitrogens with zero attached hydrogens (tertiary/aromatic N) is 2. The van der Waals surface area contributed by atoms with E-state index in [9.17, 15) is 4.79 Å². The summed E-state index contributed by atoms with van der Waals surface area (Å²) in [4.78, 5) is 18.1. The van der Waals surface area contributed by atoms with Gasteiger partial charge in [-0.2, -0.15) is 0 Å². The molecule has 88 valence electrons. The van der Waals surface area contributed by atoms with Gasteiger partial charge in [0.1, 0.15) is 5.69 Å². The van der Waals surface area contributed by atoms with Crippen LogP contribution in [-0.2, 0) is 0 Å². The number of hydrogen-bond acceptors (Lipinski definition) is 3. The second kappa shape index (κ2) is 5.77. The van der Waals surface area contributed by atoms with Crippen LogP contribution in [0.3, 0.4) is 0 Å². The molecule has 1 aliphatic rings. The van der Waals surface area contributed by atoms with Crippen LogP contribution in [0.2, 0.25) is 0 Å². The van der Waals surface area contributed by atoms with Gasteiger partial charge < -0.3 is 4.90 Å². The van der Waals surface area contributed by atoms with E-state index in [1.54, 1.807) is 5.51 Å². The Morgan fingerprint density at radius 3 is 3.25 bits per heavy atom. The maximum atomic E-state index is 12.1. The quantitative estimate of drug-likeness (QED) is 0.805. The average Bonchev–Trinajstić information content (AvgIpc) is 2.82. The zero-order valence-electron chi connectivity index (χ0n) is 9.06. The molecule has 1 saturated heterocycles. The highest BCUT2D eigenvalue weighted by atomic mass is 79.9. The number of amides is 1. The highest BCUT2D eigenvalue weighted by Gasteiger charge is 2.24. The van der Waals surface area contributed by atoms with E-state index in [0.717, 1.165) is 31.3 Å². The lowest BCUT2D eigenvalue weighted by Gasteiger charge is -2.32. The molecule has 16 heavy (non-hydrogen) atoms. The van der Waals surface area contributed by atoms with E-state index in [4.69, 9.17) is 0 Å². The topological polar surface area (TPSA) is 33.2 Å². The number of rotatable bonds is 3. The lowest BCUT2D eigenvalue weighted by atomic mass is 9.95. The first kappa shape index (κ1) is 12.0. The van der Waals surface area contributed by atoms with Crippen LogP contribution in [0.5, 0.6) is 0 Å². The van der Waals surface area contributed by atoms with Crippen molar-refractivity contribution in [1.82, 2.24) is 9.88 Å². The van der Waals surface area contributed by atoms with Crippen molar-refractivity contribution in [3.63, 3.8) is 0 Å². The predicted octanol–water partition coefficient (Wildman–Crippen LogP) is 2.78. The Morgan fingerprint density at radius 2 is 2.56 bits per heavy atom. The number of piperidine rings is 1. The van der Waals surface area contributed by atoms with Crippen molar-refractivity contribution in [3.8, 4) is 0 Å². The molecule has 2 heterocycles. The molecule has 0 N–H and O–H groups in total. The predicted molar refractivity (Wildman–Crippen MR) is 69.2 cm³/mol. The second-order valence-corrected chi connectivity index (χ2v) is 5.62. The van der Waals surface area contributed by atoms with Crippen LogP contribution in [0, 0.1) is 5.92 Å². The van der Waals surface area contributed by atoms with Crippen LogP contribution in [0.1, 0.15) is 29.8 Å². The van der Waals surface area contributed by atoms with E-state index in [0.29, 0.717) is 11.6 Å².